The van der Waals surface area contributed by atoms with E-state index in [0.717, 1.165) is 48.9 Å². The highest BCUT2D eigenvalue weighted by atomic mass is 16.5. The van der Waals surface area contributed by atoms with Crippen molar-refractivity contribution in [2.24, 2.45) is 11.8 Å². The topological polar surface area (TPSA) is 53.6 Å². The van der Waals surface area contributed by atoms with Gasteiger partial charge in [0.2, 0.25) is 0 Å². The lowest BCUT2D eigenvalue weighted by molar-refractivity contribution is 0.0652. The van der Waals surface area contributed by atoms with Crippen molar-refractivity contribution in [2.45, 2.75) is 66.2 Å². The van der Waals surface area contributed by atoms with Gasteiger partial charge in [-0.05, 0) is 62.6 Å². The van der Waals surface area contributed by atoms with Gasteiger partial charge in [0.05, 0.1) is 12.7 Å². The lowest BCUT2D eigenvalue weighted by atomic mass is 9.92. The van der Waals surface area contributed by atoms with Crippen LogP contribution in [0.2, 0.25) is 0 Å². The monoisotopic (exact) mass is 389 g/mol. The van der Waals surface area contributed by atoms with Crippen molar-refractivity contribution in [1.82, 2.24) is 15.5 Å². The largest absolute Gasteiger partial charge is 0.374 e. The molecule has 1 aliphatic rings. The first-order chi connectivity index (χ1) is 13.4. The Morgan fingerprint density at radius 3 is 2.46 bits per heavy atom. The zero-order valence-electron chi connectivity index (χ0n) is 18.2. The van der Waals surface area contributed by atoms with Crippen LogP contribution in [0.15, 0.2) is 24.3 Å². The molecular formula is C23H39N3O2. The summed E-state index contributed by atoms with van der Waals surface area (Å²) < 4.78 is 5.70. The first-order valence-corrected chi connectivity index (χ1v) is 10.9. The van der Waals surface area contributed by atoms with Crippen molar-refractivity contribution in [2.75, 3.05) is 26.2 Å². The van der Waals surface area contributed by atoms with Crippen molar-refractivity contribution in [3.05, 3.63) is 35.4 Å². The zero-order valence-corrected chi connectivity index (χ0v) is 18.2. The second kappa shape index (κ2) is 12.1. The number of carbonyl (C=O) groups excluding carboxylic acids is 1. The molecule has 5 nitrogen and oxygen atoms in total. The average molecular weight is 390 g/mol. The van der Waals surface area contributed by atoms with Crippen LogP contribution in [0, 0.1) is 11.8 Å². The van der Waals surface area contributed by atoms with Gasteiger partial charge in [0.1, 0.15) is 0 Å². The molecule has 2 unspecified atom stereocenters. The molecule has 0 aromatic heterocycles. The van der Waals surface area contributed by atoms with E-state index in [1.165, 1.54) is 19.5 Å². The van der Waals surface area contributed by atoms with E-state index in [2.05, 4.69) is 35.4 Å². The molecule has 28 heavy (non-hydrogen) atoms. The molecule has 1 saturated heterocycles. The number of rotatable bonds is 10. The maximum absolute atomic E-state index is 12.1. The van der Waals surface area contributed by atoms with Gasteiger partial charge in [-0.2, -0.15) is 0 Å². The molecule has 1 heterocycles. The Balaban J connectivity index is 1.60. The molecule has 2 atom stereocenters. The van der Waals surface area contributed by atoms with Crippen LogP contribution >= 0.6 is 0 Å². The molecule has 0 saturated carbocycles. The first-order valence-electron chi connectivity index (χ1n) is 10.9. The zero-order chi connectivity index (χ0) is 20.4. The smallest absolute Gasteiger partial charge is 0.315 e. The number of urea groups is 1. The number of carbonyl (C=O) groups is 1. The Labute approximate surface area is 171 Å². The van der Waals surface area contributed by atoms with E-state index >= 15 is 0 Å². The molecule has 0 aliphatic carbocycles. The van der Waals surface area contributed by atoms with E-state index in [-0.39, 0.29) is 12.1 Å². The number of likely N-dealkylation sites (tertiary alicyclic amines) is 1. The van der Waals surface area contributed by atoms with Crippen molar-refractivity contribution in [3.8, 4) is 0 Å². The molecule has 2 rings (SSSR count). The number of unbranched alkanes of at least 4 members (excludes halogenated alkanes) is 1. The number of amides is 2. The summed E-state index contributed by atoms with van der Waals surface area (Å²) in [4.78, 5) is 14.7. The van der Waals surface area contributed by atoms with Gasteiger partial charge in [-0.15, -0.1) is 0 Å². The molecule has 0 spiro atoms. The van der Waals surface area contributed by atoms with Gasteiger partial charge in [0.15, 0.2) is 0 Å². The molecule has 1 aromatic rings. The predicted molar refractivity (Wildman–Crippen MR) is 115 cm³/mol. The fourth-order valence-electron chi connectivity index (χ4n) is 4.00. The Bertz CT molecular complexity index is 581. The van der Waals surface area contributed by atoms with Gasteiger partial charge in [-0.25, -0.2) is 4.79 Å². The van der Waals surface area contributed by atoms with Crippen molar-refractivity contribution in [3.63, 3.8) is 0 Å². The van der Waals surface area contributed by atoms with Gasteiger partial charge < -0.3 is 20.3 Å². The van der Waals surface area contributed by atoms with Crippen molar-refractivity contribution in [1.29, 1.82) is 0 Å². The third kappa shape index (κ3) is 8.61. The summed E-state index contributed by atoms with van der Waals surface area (Å²) in [6.45, 7) is 14.2. The fraction of sp³-hybridized carbons (Fsp3) is 0.696. The number of hydrogen-bond acceptors (Lipinski definition) is 3. The highest BCUT2D eigenvalue weighted by Gasteiger charge is 2.20. The Kier molecular flexibility index (Phi) is 9.79. The third-order valence-corrected chi connectivity index (χ3v) is 5.26. The highest BCUT2D eigenvalue weighted by Crippen LogP contribution is 2.20. The number of nitrogens with one attached hydrogen (secondary N) is 2. The third-order valence-electron chi connectivity index (χ3n) is 5.26. The van der Waals surface area contributed by atoms with Crippen molar-refractivity contribution < 1.29 is 9.53 Å². The first kappa shape index (κ1) is 22.7. The molecule has 1 aromatic carbocycles. The molecule has 1 fully saturated rings. The molecule has 2 N–H and O–H groups in total. The molecule has 158 valence electrons. The van der Waals surface area contributed by atoms with Crippen LogP contribution in [0.1, 0.15) is 58.1 Å². The van der Waals surface area contributed by atoms with E-state index in [1.54, 1.807) is 0 Å². The quantitative estimate of drug-likeness (QED) is 0.591. The van der Waals surface area contributed by atoms with Crippen LogP contribution in [0.5, 0.6) is 0 Å². The minimum Gasteiger partial charge on any atom is -0.374 e. The Morgan fingerprint density at radius 2 is 1.79 bits per heavy atom. The summed E-state index contributed by atoms with van der Waals surface area (Å²) in [7, 11) is 0. The number of piperidine rings is 1. The second-order valence-electron chi connectivity index (χ2n) is 8.65. The summed E-state index contributed by atoms with van der Waals surface area (Å²) >= 11 is 0. The van der Waals surface area contributed by atoms with Gasteiger partial charge in [-0.3, -0.25) is 0 Å². The van der Waals surface area contributed by atoms with Gasteiger partial charge in [0, 0.05) is 26.2 Å². The van der Waals surface area contributed by atoms with Crippen LogP contribution in [0.25, 0.3) is 0 Å². The van der Waals surface area contributed by atoms with E-state index in [1.807, 2.05) is 32.0 Å². The SMILES string of the molecule is CC1CC(C)CN(CCCCNC(=O)NCc2ccccc2COC(C)C)C1. The van der Waals surface area contributed by atoms with Crippen LogP contribution in [0.3, 0.4) is 0 Å². The molecule has 0 radical (unpaired) electrons. The summed E-state index contributed by atoms with van der Waals surface area (Å²) in [5.74, 6) is 1.61. The maximum Gasteiger partial charge on any atom is 0.315 e. The number of ether oxygens (including phenoxy) is 1. The van der Waals surface area contributed by atoms with Crippen LogP contribution in [-0.2, 0) is 17.9 Å². The minimum absolute atomic E-state index is 0.0974. The van der Waals surface area contributed by atoms with E-state index in [4.69, 9.17) is 4.74 Å². The lowest BCUT2D eigenvalue weighted by Crippen LogP contribution is -2.39. The standard InChI is InChI=1S/C23H39N3O2/c1-18(2)28-17-22-10-6-5-9-21(22)14-25-23(27)24-11-7-8-12-26-15-19(3)13-20(4)16-26/h5-6,9-10,18-20H,7-8,11-17H2,1-4H3,(H2,24,25,27). The lowest BCUT2D eigenvalue weighted by Gasteiger charge is -2.34. The molecule has 5 heteroatoms. The normalized spacial score (nSPS) is 20.3. The number of nitrogens with zero attached hydrogens (tertiary/aromatic N) is 1. The summed E-state index contributed by atoms with van der Waals surface area (Å²) in [5.41, 5.74) is 2.23. The van der Waals surface area contributed by atoms with Gasteiger partial charge >= 0.3 is 6.03 Å². The van der Waals surface area contributed by atoms with Gasteiger partial charge in [-0.1, -0.05) is 38.1 Å². The maximum atomic E-state index is 12.1. The number of hydrogen-bond donors (Lipinski definition) is 2. The highest BCUT2D eigenvalue weighted by molar-refractivity contribution is 5.73. The minimum atomic E-state index is -0.0974. The van der Waals surface area contributed by atoms with E-state index < -0.39 is 0 Å². The summed E-state index contributed by atoms with van der Waals surface area (Å²) in [6, 6.07) is 8.00. The Morgan fingerprint density at radius 1 is 1.11 bits per heavy atom. The van der Waals surface area contributed by atoms with Crippen LogP contribution in [0.4, 0.5) is 4.79 Å². The van der Waals surface area contributed by atoms with E-state index in [9.17, 15) is 4.79 Å². The fourth-order valence-corrected chi connectivity index (χ4v) is 4.00. The summed E-state index contributed by atoms with van der Waals surface area (Å²) in [6.07, 6.45) is 3.70. The van der Waals surface area contributed by atoms with E-state index in [0.29, 0.717) is 13.2 Å². The van der Waals surface area contributed by atoms with Crippen LogP contribution in [-0.4, -0.2) is 43.2 Å². The van der Waals surface area contributed by atoms with Gasteiger partial charge in [0.25, 0.3) is 0 Å². The predicted octanol–water partition coefficient (Wildman–Crippen LogP) is 4.17. The molecule has 2 amide bonds. The average Bonchev–Trinajstić information content (AvgIpc) is 2.64. The second-order valence-corrected chi connectivity index (χ2v) is 8.65. The Hall–Kier alpha value is -1.59. The van der Waals surface area contributed by atoms with Crippen LogP contribution < -0.4 is 10.6 Å². The number of benzene rings is 1. The summed E-state index contributed by atoms with van der Waals surface area (Å²) in [5, 5.41) is 5.94. The van der Waals surface area contributed by atoms with Crippen molar-refractivity contribution >= 4 is 6.03 Å². The molecular weight excluding hydrogens is 350 g/mol. The molecule has 0 bridgehead atoms. The molecule has 1 aliphatic heterocycles.